The average molecular weight is 457 g/mol. The fourth-order valence-corrected chi connectivity index (χ4v) is 6.41. The van der Waals surface area contributed by atoms with Crippen molar-refractivity contribution < 1.29 is 17.2 Å². The van der Waals surface area contributed by atoms with Gasteiger partial charge in [-0.15, -0.1) is 0 Å². The lowest BCUT2D eigenvalue weighted by Gasteiger charge is -2.21. The summed E-state index contributed by atoms with van der Waals surface area (Å²) in [5, 5.41) is 7.89. The third-order valence-electron chi connectivity index (χ3n) is 6.16. The van der Waals surface area contributed by atoms with Crippen molar-refractivity contribution in [2.75, 3.05) is 6.54 Å². The van der Waals surface area contributed by atoms with Crippen molar-refractivity contribution >= 4 is 20.9 Å². The van der Waals surface area contributed by atoms with Gasteiger partial charge in [-0.3, -0.25) is 5.10 Å². The molecular formula is C23H22F2N4O2S. The second-order valence-corrected chi connectivity index (χ2v) is 10.2. The summed E-state index contributed by atoms with van der Waals surface area (Å²) in [7, 11) is -4.13. The molecular weight excluding hydrogens is 434 g/mol. The summed E-state index contributed by atoms with van der Waals surface area (Å²) < 4.78 is 57.3. The predicted molar refractivity (Wildman–Crippen MR) is 117 cm³/mol. The van der Waals surface area contributed by atoms with Crippen molar-refractivity contribution in [3.8, 4) is 11.1 Å². The first-order chi connectivity index (χ1) is 15.3. The largest absolute Gasteiger partial charge is 0.347 e. The van der Waals surface area contributed by atoms with Gasteiger partial charge in [-0.05, 0) is 55.2 Å². The van der Waals surface area contributed by atoms with E-state index in [1.165, 1.54) is 10.4 Å². The number of H-pyrrole nitrogens is 1. The van der Waals surface area contributed by atoms with Crippen molar-refractivity contribution in [3.05, 3.63) is 72.7 Å². The lowest BCUT2D eigenvalue weighted by Crippen LogP contribution is -2.34. The first-order valence-corrected chi connectivity index (χ1v) is 11.8. The number of nitrogens with one attached hydrogen (secondary N) is 1. The number of halogens is 2. The molecule has 1 N–H and O–H groups in total. The van der Waals surface area contributed by atoms with Gasteiger partial charge in [0.25, 0.3) is 0 Å². The summed E-state index contributed by atoms with van der Waals surface area (Å²) in [6, 6.07) is 11.2. The summed E-state index contributed by atoms with van der Waals surface area (Å²) in [6.07, 6.45) is 6.25. The first-order valence-electron chi connectivity index (χ1n) is 10.4. The van der Waals surface area contributed by atoms with Gasteiger partial charge in [-0.25, -0.2) is 17.2 Å². The average Bonchev–Trinajstić information content (AvgIpc) is 3.50. The highest BCUT2D eigenvalue weighted by atomic mass is 32.2. The van der Waals surface area contributed by atoms with E-state index >= 15 is 0 Å². The Kier molecular flexibility index (Phi) is 5.10. The fourth-order valence-electron chi connectivity index (χ4n) is 4.61. The summed E-state index contributed by atoms with van der Waals surface area (Å²) in [4.78, 5) is -0.608. The number of benzene rings is 2. The van der Waals surface area contributed by atoms with Gasteiger partial charge in [0.05, 0.1) is 6.20 Å². The van der Waals surface area contributed by atoms with Gasteiger partial charge >= 0.3 is 0 Å². The van der Waals surface area contributed by atoms with Crippen LogP contribution in [0.5, 0.6) is 0 Å². The molecule has 0 spiro atoms. The summed E-state index contributed by atoms with van der Waals surface area (Å²) >= 11 is 0. The molecule has 1 aliphatic rings. The Hall–Kier alpha value is -3.04. The van der Waals surface area contributed by atoms with E-state index in [-0.39, 0.29) is 18.5 Å². The minimum Gasteiger partial charge on any atom is -0.347 e. The van der Waals surface area contributed by atoms with Crippen molar-refractivity contribution in [1.29, 1.82) is 0 Å². The molecule has 0 unspecified atom stereocenters. The van der Waals surface area contributed by atoms with Crippen LogP contribution in [0.3, 0.4) is 0 Å². The van der Waals surface area contributed by atoms with Crippen LogP contribution < -0.4 is 0 Å². The number of rotatable bonds is 5. The molecule has 6 nitrogen and oxygen atoms in total. The van der Waals surface area contributed by atoms with E-state index in [9.17, 15) is 17.2 Å². The number of sulfonamides is 1. The number of hydrogen-bond acceptors (Lipinski definition) is 3. The second kappa shape index (κ2) is 7.83. The van der Waals surface area contributed by atoms with Crippen LogP contribution in [0.1, 0.15) is 13.3 Å². The van der Waals surface area contributed by atoms with Gasteiger partial charge in [0.15, 0.2) is 11.6 Å². The minimum absolute atomic E-state index is 0.0561. The van der Waals surface area contributed by atoms with Crippen molar-refractivity contribution in [2.24, 2.45) is 5.92 Å². The molecule has 1 saturated heterocycles. The molecule has 3 heterocycles. The SMILES string of the molecule is C[C@H]1C[C@H](Cn2ccc3cc(-c4cn[nH]c4)ccc32)CN1S(=O)(=O)c1cccc(F)c1F. The van der Waals surface area contributed by atoms with E-state index in [0.717, 1.165) is 34.2 Å². The van der Waals surface area contributed by atoms with Crippen LogP contribution in [0, 0.1) is 17.6 Å². The molecule has 32 heavy (non-hydrogen) atoms. The molecule has 4 aromatic rings. The highest BCUT2D eigenvalue weighted by Gasteiger charge is 2.39. The van der Waals surface area contributed by atoms with E-state index in [4.69, 9.17) is 0 Å². The monoisotopic (exact) mass is 456 g/mol. The molecule has 0 radical (unpaired) electrons. The number of aromatic nitrogens is 3. The van der Waals surface area contributed by atoms with Gasteiger partial charge in [0, 0.05) is 48.0 Å². The van der Waals surface area contributed by atoms with E-state index < -0.39 is 26.6 Å². The van der Waals surface area contributed by atoms with Gasteiger partial charge in [0.1, 0.15) is 4.90 Å². The van der Waals surface area contributed by atoms with E-state index in [1.54, 1.807) is 13.1 Å². The molecule has 5 rings (SSSR count). The lowest BCUT2D eigenvalue weighted by molar-refractivity contribution is 0.393. The molecule has 2 aromatic heterocycles. The number of hydrogen-bond donors (Lipinski definition) is 1. The Morgan fingerprint density at radius 3 is 2.78 bits per heavy atom. The van der Waals surface area contributed by atoms with Crippen LogP contribution in [-0.4, -0.2) is 40.1 Å². The van der Waals surface area contributed by atoms with Gasteiger partial charge < -0.3 is 4.57 Å². The maximum absolute atomic E-state index is 14.2. The number of fused-ring (bicyclic) bond motifs is 1. The molecule has 166 valence electrons. The van der Waals surface area contributed by atoms with Gasteiger partial charge in [-0.1, -0.05) is 12.1 Å². The zero-order valence-electron chi connectivity index (χ0n) is 17.4. The van der Waals surface area contributed by atoms with Crippen molar-refractivity contribution in [2.45, 2.75) is 30.8 Å². The highest BCUT2D eigenvalue weighted by Crippen LogP contribution is 2.33. The molecule has 9 heteroatoms. The Bertz CT molecular complexity index is 1380. The van der Waals surface area contributed by atoms with Crippen LogP contribution in [-0.2, 0) is 16.6 Å². The van der Waals surface area contributed by atoms with Crippen LogP contribution in [0.25, 0.3) is 22.0 Å². The lowest BCUT2D eigenvalue weighted by atomic mass is 10.1. The third-order valence-corrected chi connectivity index (χ3v) is 8.16. The quantitative estimate of drug-likeness (QED) is 0.484. The van der Waals surface area contributed by atoms with E-state index in [2.05, 4.69) is 20.8 Å². The molecule has 0 aliphatic carbocycles. The minimum atomic E-state index is -4.13. The molecule has 1 aliphatic heterocycles. The normalized spacial score (nSPS) is 19.7. The van der Waals surface area contributed by atoms with Crippen molar-refractivity contribution in [3.63, 3.8) is 0 Å². The fraction of sp³-hybridized carbons (Fsp3) is 0.261. The Labute approximate surface area is 184 Å². The maximum atomic E-state index is 14.2. The van der Waals surface area contributed by atoms with Crippen LogP contribution in [0.15, 0.2) is 66.0 Å². The topological polar surface area (TPSA) is 71.0 Å². The van der Waals surface area contributed by atoms with Gasteiger partial charge in [-0.2, -0.15) is 9.40 Å². The molecule has 1 fully saturated rings. The van der Waals surface area contributed by atoms with E-state index in [1.807, 2.05) is 30.6 Å². The molecule has 2 aromatic carbocycles. The molecule has 2 atom stereocenters. The van der Waals surface area contributed by atoms with Gasteiger partial charge in [0.2, 0.25) is 10.0 Å². The second-order valence-electron chi connectivity index (χ2n) is 8.31. The number of aromatic amines is 1. The third kappa shape index (κ3) is 3.51. The Morgan fingerprint density at radius 1 is 1.16 bits per heavy atom. The molecule has 0 bridgehead atoms. The van der Waals surface area contributed by atoms with Crippen LogP contribution >= 0.6 is 0 Å². The first kappa shape index (κ1) is 20.8. The Morgan fingerprint density at radius 2 is 2.00 bits per heavy atom. The zero-order chi connectivity index (χ0) is 22.5. The van der Waals surface area contributed by atoms with Crippen LogP contribution in [0.4, 0.5) is 8.78 Å². The standard InChI is InChI=1S/C23H22F2N4O2S/c1-15-9-16(14-29(15)32(30,31)22-4-2-3-20(24)23(22)25)13-28-8-7-18-10-17(5-6-21(18)28)19-11-26-27-12-19/h2-8,10-12,15-16H,9,13-14H2,1H3,(H,26,27)/t15-,16+/m0/s1. The number of nitrogens with zero attached hydrogens (tertiary/aromatic N) is 3. The van der Waals surface area contributed by atoms with Crippen molar-refractivity contribution in [1.82, 2.24) is 19.1 Å². The molecule has 0 amide bonds. The maximum Gasteiger partial charge on any atom is 0.246 e. The summed E-state index contributed by atoms with van der Waals surface area (Å²) in [5.41, 5.74) is 3.13. The zero-order valence-corrected chi connectivity index (χ0v) is 18.2. The molecule has 0 saturated carbocycles. The highest BCUT2D eigenvalue weighted by molar-refractivity contribution is 7.89. The smallest absolute Gasteiger partial charge is 0.246 e. The summed E-state index contributed by atoms with van der Waals surface area (Å²) in [5.74, 6) is -2.43. The van der Waals surface area contributed by atoms with Crippen LogP contribution in [0.2, 0.25) is 0 Å². The summed E-state index contributed by atoms with van der Waals surface area (Å²) in [6.45, 7) is 2.70. The Balaban J connectivity index is 1.37. The van der Waals surface area contributed by atoms with E-state index in [0.29, 0.717) is 13.0 Å². The predicted octanol–water partition coefficient (Wildman–Crippen LogP) is 4.41.